The second-order valence-electron chi connectivity index (χ2n) is 6.15. The van der Waals surface area contributed by atoms with Gasteiger partial charge in [-0.05, 0) is 26.0 Å². The van der Waals surface area contributed by atoms with E-state index < -0.39 is 51.7 Å². The van der Waals surface area contributed by atoms with Crippen LogP contribution in [0.2, 0.25) is 0 Å². The van der Waals surface area contributed by atoms with Crippen molar-refractivity contribution in [3.05, 3.63) is 63.1 Å². The number of carbonyl (C=O) groups is 1. The molecule has 0 saturated heterocycles. The zero-order valence-electron chi connectivity index (χ0n) is 15.0. The van der Waals surface area contributed by atoms with Crippen molar-refractivity contribution in [2.75, 3.05) is 0 Å². The monoisotopic (exact) mass is 411 g/mol. The Bertz CT molecular complexity index is 1160. The van der Waals surface area contributed by atoms with Gasteiger partial charge < -0.3 is 14.8 Å². The Morgan fingerprint density at radius 1 is 1.31 bits per heavy atom. The lowest BCUT2D eigenvalue weighted by Crippen LogP contribution is -2.20. The first-order chi connectivity index (χ1) is 13.5. The Kier molecular flexibility index (Phi) is 4.99. The van der Waals surface area contributed by atoms with E-state index in [1.165, 1.54) is 6.92 Å². The van der Waals surface area contributed by atoms with Gasteiger partial charge in [0.15, 0.2) is 0 Å². The number of H-pyrrole nitrogens is 1. The Morgan fingerprint density at radius 3 is 2.55 bits per heavy atom. The molecule has 2 N–H and O–H groups in total. The van der Waals surface area contributed by atoms with Crippen molar-refractivity contribution in [2.24, 2.45) is 0 Å². The highest BCUT2D eigenvalue weighted by molar-refractivity contribution is 5.87. The molecule has 1 atom stereocenters. The molecule has 29 heavy (non-hydrogen) atoms. The fourth-order valence-corrected chi connectivity index (χ4v) is 2.84. The summed E-state index contributed by atoms with van der Waals surface area (Å²) >= 11 is 0. The lowest BCUT2D eigenvalue weighted by Gasteiger charge is -2.21. The van der Waals surface area contributed by atoms with E-state index in [4.69, 9.17) is 9.84 Å². The Balaban J connectivity index is 2.14. The maximum atomic E-state index is 15.0. The van der Waals surface area contributed by atoms with Gasteiger partial charge in [-0.2, -0.15) is 13.2 Å². The maximum Gasteiger partial charge on any atom is 0.416 e. The molecule has 0 aliphatic carbocycles. The van der Waals surface area contributed by atoms with E-state index >= 15 is 4.39 Å². The molecule has 7 nitrogen and oxygen atoms in total. The Labute approximate surface area is 160 Å². The van der Waals surface area contributed by atoms with Crippen LogP contribution in [0.3, 0.4) is 0 Å². The van der Waals surface area contributed by atoms with Gasteiger partial charge in [-0.15, -0.1) is 0 Å². The van der Waals surface area contributed by atoms with Crippen LogP contribution in [-0.4, -0.2) is 26.0 Å². The smallest absolute Gasteiger partial charge is 0.416 e. The third-order valence-electron chi connectivity index (χ3n) is 4.09. The molecule has 152 valence electrons. The molecule has 1 aromatic carbocycles. The fraction of sp³-hybridized carbons (Fsp3) is 0.222. The SMILES string of the molecule is Cc1nc2cc(C(F)(F)F)c(C(C)Oc3ccc(C(=O)O)cn3)c(F)c2c(=O)[nH]1. The number of halogens is 4. The standard InChI is InChI=1S/C18H13F4N3O4/c1-7(29-12-4-3-9(6-23-12)17(27)28)13-10(18(20,21)22)5-11-14(15(13)19)16(26)25-8(2)24-11/h3-7H,1-2H3,(H,27,28)(H,24,25,26). The number of hydrogen-bond acceptors (Lipinski definition) is 5. The van der Waals surface area contributed by atoms with Crippen LogP contribution in [-0.2, 0) is 6.18 Å². The predicted octanol–water partition coefficient (Wildman–Crippen LogP) is 3.62. The number of nitrogens with one attached hydrogen (secondary N) is 1. The van der Waals surface area contributed by atoms with Crippen LogP contribution in [0.4, 0.5) is 17.6 Å². The van der Waals surface area contributed by atoms with Crippen molar-refractivity contribution in [1.29, 1.82) is 0 Å². The number of hydrogen-bond donors (Lipinski definition) is 2. The number of nitrogens with zero attached hydrogens (tertiary/aromatic N) is 2. The normalized spacial score (nSPS) is 12.8. The first-order valence-corrected chi connectivity index (χ1v) is 8.15. The number of carboxylic acids is 1. The van der Waals surface area contributed by atoms with Crippen LogP contribution in [0.25, 0.3) is 10.9 Å². The topological polar surface area (TPSA) is 105 Å². The first-order valence-electron chi connectivity index (χ1n) is 8.15. The van der Waals surface area contributed by atoms with Gasteiger partial charge in [-0.3, -0.25) is 4.79 Å². The summed E-state index contributed by atoms with van der Waals surface area (Å²) in [5.41, 5.74) is -3.74. The van der Waals surface area contributed by atoms with Crippen LogP contribution in [0.5, 0.6) is 5.88 Å². The van der Waals surface area contributed by atoms with Crippen molar-refractivity contribution in [3.8, 4) is 5.88 Å². The summed E-state index contributed by atoms with van der Waals surface area (Å²) in [5.74, 6) is -2.84. The van der Waals surface area contributed by atoms with E-state index in [1.807, 2.05) is 0 Å². The average molecular weight is 411 g/mol. The molecule has 0 spiro atoms. The largest absolute Gasteiger partial charge is 0.478 e. The molecule has 0 saturated carbocycles. The van der Waals surface area contributed by atoms with Gasteiger partial charge in [0, 0.05) is 17.8 Å². The van der Waals surface area contributed by atoms with Crippen LogP contribution >= 0.6 is 0 Å². The summed E-state index contributed by atoms with van der Waals surface area (Å²) in [6.07, 6.45) is -5.50. The Morgan fingerprint density at radius 2 is 2.00 bits per heavy atom. The molecule has 0 amide bonds. The number of alkyl halides is 3. The van der Waals surface area contributed by atoms with Gasteiger partial charge in [0.05, 0.1) is 16.6 Å². The van der Waals surface area contributed by atoms with Gasteiger partial charge >= 0.3 is 12.1 Å². The molecular formula is C18H13F4N3O4. The molecule has 0 bridgehead atoms. The summed E-state index contributed by atoms with van der Waals surface area (Å²) in [4.78, 5) is 32.6. The lowest BCUT2D eigenvalue weighted by molar-refractivity contribution is -0.139. The minimum atomic E-state index is -4.94. The minimum Gasteiger partial charge on any atom is -0.478 e. The molecule has 3 aromatic rings. The number of ether oxygens (including phenoxy) is 1. The predicted molar refractivity (Wildman–Crippen MR) is 92.3 cm³/mol. The van der Waals surface area contributed by atoms with Gasteiger partial charge in [-0.1, -0.05) is 0 Å². The number of aryl methyl sites for hydroxylation is 1. The van der Waals surface area contributed by atoms with Crippen LogP contribution in [0, 0.1) is 12.7 Å². The number of pyridine rings is 1. The number of aromatic nitrogens is 3. The number of fused-ring (bicyclic) bond motifs is 1. The zero-order valence-corrected chi connectivity index (χ0v) is 15.0. The highest BCUT2D eigenvalue weighted by Crippen LogP contribution is 2.39. The van der Waals surface area contributed by atoms with Crippen molar-refractivity contribution < 1.29 is 32.2 Å². The van der Waals surface area contributed by atoms with Crippen molar-refractivity contribution in [1.82, 2.24) is 15.0 Å². The summed E-state index contributed by atoms with van der Waals surface area (Å²) in [6, 6.07) is 2.86. The highest BCUT2D eigenvalue weighted by Gasteiger charge is 2.38. The molecule has 2 aromatic heterocycles. The molecule has 1 unspecified atom stereocenters. The van der Waals surface area contributed by atoms with Gasteiger partial charge in [0.1, 0.15) is 23.1 Å². The van der Waals surface area contributed by atoms with Crippen molar-refractivity contribution >= 4 is 16.9 Å². The molecule has 11 heteroatoms. The van der Waals surface area contributed by atoms with Gasteiger partial charge in [0.25, 0.3) is 5.56 Å². The second-order valence-corrected chi connectivity index (χ2v) is 6.15. The number of rotatable bonds is 4. The average Bonchev–Trinajstić information content (AvgIpc) is 2.60. The maximum absolute atomic E-state index is 15.0. The quantitative estimate of drug-likeness (QED) is 0.636. The number of aromatic amines is 1. The van der Waals surface area contributed by atoms with E-state index in [-0.39, 0.29) is 17.3 Å². The molecule has 0 radical (unpaired) electrons. The second kappa shape index (κ2) is 7.15. The molecule has 0 fully saturated rings. The van der Waals surface area contributed by atoms with Crippen LogP contribution < -0.4 is 10.3 Å². The molecule has 0 aliphatic rings. The molecule has 3 rings (SSSR count). The third kappa shape index (κ3) is 3.89. The first kappa shape index (κ1) is 20.2. The molecular weight excluding hydrogens is 398 g/mol. The van der Waals surface area contributed by atoms with E-state index in [1.54, 1.807) is 0 Å². The minimum absolute atomic E-state index is 0.0368. The van der Waals surface area contributed by atoms with Crippen LogP contribution in [0.1, 0.15) is 40.3 Å². The van der Waals surface area contributed by atoms with Crippen LogP contribution in [0.15, 0.2) is 29.2 Å². The summed E-state index contributed by atoms with van der Waals surface area (Å²) in [7, 11) is 0. The Hall–Kier alpha value is -3.50. The molecule has 0 aliphatic heterocycles. The number of aromatic carboxylic acids is 1. The van der Waals surface area contributed by atoms with E-state index in [9.17, 15) is 22.8 Å². The van der Waals surface area contributed by atoms with E-state index in [0.29, 0.717) is 6.07 Å². The van der Waals surface area contributed by atoms with Crippen molar-refractivity contribution in [2.45, 2.75) is 26.1 Å². The van der Waals surface area contributed by atoms with Gasteiger partial charge in [0.2, 0.25) is 5.88 Å². The number of benzene rings is 1. The summed E-state index contributed by atoms with van der Waals surface area (Å²) in [5, 5.41) is 8.23. The zero-order chi connectivity index (χ0) is 21.5. The van der Waals surface area contributed by atoms with E-state index in [2.05, 4.69) is 15.0 Å². The lowest BCUT2D eigenvalue weighted by atomic mass is 9.98. The third-order valence-corrected chi connectivity index (χ3v) is 4.09. The fourth-order valence-electron chi connectivity index (χ4n) is 2.84. The summed E-state index contributed by atoms with van der Waals surface area (Å²) in [6.45, 7) is 2.51. The summed E-state index contributed by atoms with van der Waals surface area (Å²) < 4.78 is 61.1. The molecule has 2 heterocycles. The highest BCUT2D eigenvalue weighted by atomic mass is 19.4. The van der Waals surface area contributed by atoms with Crippen molar-refractivity contribution in [3.63, 3.8) is 0 Å². The number of carboxylic acid groups (broad SMARTS) is 1. The van der Waals surface area contributed by atoms with Gasteiger partial charge in [-0.25, -0.2) is 19.2 Å². The van der Waals surface area contributed by atoms with E-state index in [0.717, 1.165) is 25.3 Å².